The number of benzene rings is 2. The normalized spacial score (nSPS) is 11.6. The summed E-state index contributed by atoms with van der Waals surface area (Å²) < 4.78 is 32.1. The van der Waals surface area contributed by atoms with Gasteiger partial charge in [0.1, 0.15) is 5.75 Å². The molecule has 0 radical (unpaired) electrons. The Morgan fingerprint density at radius 1 is 0.960 bits per heavy atom. The second kappa shape index (κ2) is 8.66. The van der Waals surface area contributed by atoms with Crippen molar-refractivity contribution < 1.29 is 21.9 Å². The van der Waals surface area contributed by atoms with Gasteiger partial charge in [-0.3, -0.25) is 0 Å². The van der Waals surface area contributed by atoms with Crippen LogP contribution in [0.1, 0.15) is 11.1 Å². The smallest absolute Gasteiger partial charge is 0.394 e. The van der Waals surface area contributed by atoms with E-state index in [1.54, 1.807) is 12.1 Å². The Morgan fingerprint density at radius 2 is 1.48 bits per heavy atom. The highest BCUT2D eigenvalue weighted by Gasteiger charge is 2.12. The monoisotopic (exact) mass is 363 g/mol. The summed E-state index contributed by atoms with van der Waals surface area (Å²) in [5.74, 6) is 0.144. The van der Waals surface area contributed by atoms with E-state index in [2.05, 4.69) is 4.18 Å². The molecule has 0 saturated carbocycles. The summed E-state index contributed by atoms with van der Waals surface area (Å²) in [4.78, 5) is 2.03. The number of rotatable bonds is 8. The minimum absolute atomic E-state index is 0.144. The van der Waals surface area contributed by atoms with E-state index < -0.39 is 17.0 Å². The second-order valence-electron chi connectivity index (χ2n) is 5.43. The van der Waals surface area contributed by atoms with Crippen molar-refractivity contribution in [1.82, 2.24) is 0 Å². The fraction of sp³-hybridized carbons (Fsp3) is 0.222. The van der Waals surface area contributed by atoms with Crippen molar-refractivity contribution in [3.8, 4) is 5.75 Å². The average Bonchev–Trinajstić information content (AvgIpc) is 2.59. The molecule has 0 aromatic heterocycles. The summed E-state index contributed by atoms with van der Waals surface area (Å²) in [6.45, 7) is -0.738. The molecule has 7 heteroatoms. The molecular weight excluding hydrogens is 342 g/mol. The Kier molecular flexibility index (Phi) is 6.58. The molecular formula is C18H21NO5S. The fourth-order valence-corrected chi connectivity index (χ4v) is 2.67. The molecule has 0 aliphatic rings. The minimum Gasteiger partial charge on any atom is -0.394 e. The average molecular weight is 363 g/mol. The van der Waals surface area contributed by atoms with E-state index >= 15 is 0 Å². The molecule has 1 N–H and O–H groups in total. The number of aliphatic hydroxyl groups is 1. The first kappa shape index (κ1) is 19.0. The molecule has 134 valence electrons. The number of hydrogen-bond donors (Lipinski definition) is 1. The van der Waals surface area contributed by atoms with Gasteiger partial charge >= 0.3 is 10.4 Å². The van der Waals surface area contributed by atoms with Gasteiger partial charge in [0.15, 0.2) is 0 Å². The van der Waals surface area contributed by atoms with Crippen molar-refractivity contribution in [3.63, 3.8) is 0 Å². The van der Waals surface area contributed by atoms with Gasteiger partial charge in [-0.1, -0.05) is 36.4 Å². The van der Waals surface area contributed by atoms with Crippen LogP contribution in [0.3, 0.4) is 0 Å². The van der Waals surface area contributed by atoms with Crippen molar-refractivity contribution in [2.45, 2.75) is 0 Å². The van der Waals surface area contributed by atoms with Crippen LogP contribution >= 0.6 is 0 Å². The molecule has 6 nitrogen and oxygen atoms in total. The number of nitrogens with zero attached hydrogens (tertiary/aromatic N) is 1. The summed E-state index contributed by atoms with van der Waals surface area (Å²) in [6.07, 6.45) is 3.89. The summed E-state index contributed by atoms with van der Waals surface area (Å²) in [7, 11) is -0.179. The highest BCUT2D eigenvalue weighted by molar-refractivity contribution is 7.82. The Labute approximate surface area is 148 Å². The number of anilines is 1. The fourth-order valence-electron chi connectivity index (χ4n) is 1.99. The third-order valence-corrected chi connectivity index (χ3v) is 4.13. The zero-order valence-electron chi connectivity index (χ0n) is 14.1. The van der Waals surface area contributed by atoms with Crippen LogP contribution in [0.5, 0.6) is 5.75 Å². The van der Waals surface area contributed by atoms with Gasteiger partial charge in [0.05, 0.1) is 13.2 Å². The van der Waals surface area contributed by atoms with Crippen molar-refractivity contribution in [2.75, 3.05) is 32.2 Å². The van der Waals surface area contributed by atoms with Crippen LogP contribution in [-0.4, -0.2) is 40.8 Å². The first-order valence-corrected chi connectivity index (χ1v) is 8.98. The van der Waals surface area contributed by atoms with E-state index in [-0.39, 0.29) is 12.4 Å². The zero-order chi connectivity index (χ0) is 18.3. The molecule has 2 rings (SSSR count). The van der Waals surface area contributed by atoms with Gasteiger partial charge in [0.2, 0.25) is 0 Å². The van der Waals surface area contributed by atoms with Gasteiger partial charge in [-0.15, -0.1) is 0 Å². The predicted molar refractivity (Wildman–Crippen MR) is 98.7 cm³/mol. The lowest BCUT2D eigenvalue weighted by Gasteiger charge is -2.11. The van der Waals surface area contributed by atoms with Gasteiger partial charge < -0.3 is 14.2 Å². The minimum atomic E-state index is -4.16. The number of aliphatic hydroxyl groups excluding tert-OH is 1. The molecule has 0 fully saturated rings. The number of hydrogen-bond acceptors (Lipinski definition) is 6. The molecule has 0 atom stereocenters. The predicted octanol–water partition coefficient (Wildman–Crippen LogP) is 2.56. The van der Waals surface area contributed by atoms with E-state index in [1.807, 2.05) is 55.4 Å². The molecule has 2 aromatic rings. The molecule has 0 unspecified atom stereocenters. The van der Waals surface area contributed by atoms with E-state index in [0.29, 0.717) is 0 Å². The highest BCUT2D eigenvalue weighted by atomic mass is 32.3. The Morgan fingerprint density at radius 3 is 1.96 bits per heavy atom. The molecule has 0 heterocycles. The van der Waals surface area contributed by atoms with Crippen LogP contribution in [0.4, 0.5) is 5.69 Å². The van der Waals surface area contributed by atoms with Crippen molar-refractivity contribution in [1.29, 1.82) is 0 Å². The quantitative estimate of drug-likeness (QED) is 0.727. The van der Waals surface area contributed by atoms with Crippen molar-refractivity contribution in [2.24, 2.45) is 0 Å². The lowest BCUT2D eigenvalue weighted by molar-refractivity contribution is 0.190. The zero-order valence-corrected chi connectivity index (χ0v) is 14.9. The van der Waals surface area contributed by atoms with Gasteiger partial charge in [0.25, 0.3) is 0 Å². The SMILES string of the molecule is CN(C)c1ccc(C=Cc2ccc(OS(=O)(=O)OCCO)cc2)cc1. The molecule has 0 saturated heterocycles. The maximum absolute atomic E-state index is 11.5. The summed E-state index contributed by atoms with van der Waals surface area (Å²) in [6, 6.07) is 14.7. The summed E-state index contributed by atoms with van der Waals surface area (Å²) >= 11 is 0. The van der Waals surface area contributed by atoms with Crippen LogP contribution in [0.25, 0.3) is 12.2 Å². The van der Waals surface area contributed by atoms with Crippen LogP contribution in [0.15, 0.2) is 48.5 Å². The van der Waals surface area contributed by atoms with E-state index in [0.717, 1.165) is 16.8 Å². The lowest BCUT2D eigenvalue weighted by Crippen LogP contribution is -2.15. The van der Waals surface area contributed by atoms with Crippen LogP contribution in [0.2, 0.25) is 0 Å². The van der Waals surface area contributed by atoms with E-state index in [4.69, 9.17) is 9.29 Å². The van der Waals surface area contributed by atoms with Gasteiger partial charge in [-0.05, 0) is 35.4 Å². The standard InChI is InChI=1S/C18H21NO5S/c1-19(2)17-9-5-15(6-10-17)3-4-16-7-11-18(12-8-16)24-25(21,22)23-14-13-20/h3-12,20H,13-14H2,1-2H3. The van der Waals surface area contributed by atoms with E-state index in [9.17, 15) is 8.42 Å². The summed E-state index contributed by atoms with van der Waals surface area (Å²) in [5.41, 5.74) is 3.09. The Balaban J connectivity index is 2.00. The van der Waals surface area contributed by atoms with Gasteiger partial charge in [-0.2, -0.15) is 8.42 Å². The molecule has 2 aromatic carbocycles. The summed E-state index contributed by atoms with van der Waals surface area (Å²) in [5, 5.41) is 8.57. The molecule has 0 aliphatic carbocycles. The maximum atomic E-state index is 11.5. The Bertz CT molecular complexity index is 796. The first-order valence-electron chi connectivity index (χ1n) is 7.65. The van der Waals surface area contributed by atoms with Gasteiger partial charge in [0, 0.05) is 19.8 Å². The third kappa shape index (κ3) is 6.22. The molecule has 0 amide bonds. The van der Waals surface area contributed by atoms with Crippen LogP contribution in [0, 0.1) is 0 Å². The first-order chi connectivity index (χ1) is 11.9. The largest absolute Gasteiger partial charge is 0.449 e. The van der Waals surface area contributed by atoms with Crippen LogP contribution < -0.4 is 9.08 Å². The maximum Gasteiger partial charge on any atom is 0.449 e. The molecule has 0 aliphatic heterocycles. The highest BCUT2D eigenvalue weighted by Crippen LogP contribution is 2.18. The topological polar surface area (TPSA) is 76.1 Å². The van der Waals surface area contributed by atoms with Crippen molar-refractivity contribution in [3.05, 3.63) is 59.7 Å². The Hall–Kier alpha value is -2.35. The lowest BCUT2D eigenvalue weighted by atomic mass is 10.1. The van der Waals surface area contributed by atoms with Crippen LogP contribution in [-0.2, 0) is 14.6 Å². The molecule has 0 spiro atoms. The molecule has 0 bridgehead atoms. The van der Waals surface area contributed by atoms with Crippen molar-refractivity contribution >= 4 is 28.2 Å². The second-order valence-corrected chi connectivity index (χ2v) is 6.64. The van der Waals surface area contributed by atoms with E-state index in [1.165, 1.54) is 12.1 Å². The molecule has 25 heavy (non-hydrogen) atoms. The third-order valence-electron chi connectivity index (χ3n) is 3.28. The van der Waals surface area contributed by atoms with Gasteiger partial charge in [-0.25, -0.2) is 4.18 Å².